The monoisotopic (exact) mass is 332 g/mol. The molecule has 0 aromatic heterocycles. The highest BCUT2D eigenvalue weighted by molar-refractivity contribution is 7.88. The Labute approximate surface area is 131 Å². The van der Waals surface area contributed by atoms with Gasteiger partial charge < -0.3 is 5.32 Å². The number of anilines is 1. The van der Waals surface area contributed by atoms with Crippen LogP contribution in [0.1, 0.15) is 27.2 Å². The lowest BCUT2D eigenvalue weighted by atomic mass is 10.1. The predicted octanol–water partition coefficient (Wildman–Crippen LogP) is 2.73. The number of hydrogen-bond acceptors (Lipinski definition) is 3. The lowest BCUT2D eigenvalue weighted by Gasteiger charge is -2.33. The molecule has 1 amide bonds. The van der Waals surface area contributed by atoms with E-state index in [1.807, 2.05) is 0 Å². The van der Waals surface area contributed by atoms with Crippen molar-refractivity contribution in [3.05, 3.63) is 29.3 Å². The first-order valence-electron chi connectivity index (χ1n) is 6.54. The maximum absolute atomic E-state index is 11.9. The number of carbonyl (C=O) groups is 1. The summed E-state index contributed by atoms with van der Waals surface area (Å²) in [7, 11) is -3.37. The van der Waals surface area contributed by atoms with Crippen LogP contribution >= 0.6 is 11.6 Å². The molecule has 0 aliphatic rings. The van der Waals surface area contributed by atoms with Crippen LogP contribution in [0.3, 0.4) is 0 Å². The zero-order valence-electron chi connectivity index (χ0n) is 12.7. The highest BCUT2D eigenvalue weighted by Crippen LogP contribution is 2.21. The molecule has 1 N–H and O–H groups in total. The van der Waals surface area contributed by atoms with Crippen LogP contribution in [-0.4, -0.2) is 37.0 Å². The summed E-state index contributed by atoms with van der Waals surface area (Å²) in [5, 5.41) is 3.12. The van der Waals surface area contributed by atoms with E-state index in [1.54, 1.807) is 45.0 Å². The van der Waals surface area contributed by atoms with E-state index >= 15 is 0 Å². The Morgan fingerprint density at radius 3 is 2.33 bits per heavy atom. The molecule has 1 aromatic rings. The predicted molar refractivity (Wildman–Crippen MR) is 86.0 cm³/mol. The summed E-state index contributed by atoms with van der Waals surface area (Å²) in [4.78, 5) is 11.9. The molecule has 1 rings (SSSR count). The van der Waals surface area contributed by atoms with E-state index in [0.717, 1.165) is 6.26 Å². The van der Waals surface area contributed by atoms with Crippen LogP contribution in [0.25, 0.3) is 0 Å². The minimum Gasteiger partial charge on any atom is -0.325 e. The molecule has 0 heterocycles. The van der Waals surface area contributed by atoms with Gasteiger partial charge in [0.25, 0.3) is 0 Å². The average Bonchev–Trinajstić information content (AvgIpc) is 2.28. The Balaban J connectivity index is 2.69. The fraction of sp³-hybridized carbons (Fsp3) is 0.500. The molecule has 0 saturated heterocycles. The van der Waals surface area contributed by atoms with Gasteiger partial charge in [0.2, 0.25) is 15.9 Å². The number of carbonyl (C=O) groups excluding carboxylic acids is 1. The third-order valence-corrected chi connectivity index (χ3v) is 4.70. The summed E-state index contributed by atoms with van der Waals surface area (Å²) in [6.45, 7) is 5.50. The van der Waals surface area contributed by atoms with E-state index in [-0.39, 0.29) is 18.9 Å². The Morgan fingerprint density at radius 2 is 1.86 bits per heavy atom. The molecule has 0 fully saturated rings. The van der Waals surface area contributed by atoms with E-state index in [0.29, 0.717) is 10.7 Å². The Morgan fingerprint density at radius 1 is 1.29 bits per heavy atom. The quantitative estimate of drug-likeness (QED) is 0.901. The molecule has 0 unspecified atom stereocenters. The summed E-state index contributed by atoms with van der Waals surface area (Å²) >= 11 is 5.96. The summed E-state index contributed by atoms with van der Waals surface area (Å²) < 4.78 is 24.9. The summed E-state index contributed by atoms with van der Waals surface area (Å²) in [6, 6.07) is 6.90. The van der Waals surface area contributed by atoms with Crippen molar-refractivity contribution >= 4 is 33.2 Å². The van der Waals surface area contributed by atoms with Gasteiger partial charge in [-0.3, -0.25) is 4.79 Å². The summed E-state index contributed by atoms with van der Waals surface area (Å²) in [5.74, 6) is -0.277. The van der Waals surface area contributed by atoms with Gasteiger partial charge in [0, 0.05) is 18.5 Å². The fourth-order valence-corrected chi connectivity index (χ4v) is 3.58. The number of nitrogens with one attached hydrogen (secondary N) is 1. The molecule has 7 heteroatoms. The second-order valence-electron chi connectivity index (χ2n) is 5.78. The van der Waals surface area contributed by atoms with Crippen molar-refractivity contribution in [2.24, 2.45) is 0 Å². The number of benzene rings is 1. The van der Waals surface area contributed by atoms with E-state index in [9.17, 15) is 13.2 Å². The van der Waals surface area contributed by atoms with Crippen molar-refractivity contribution in [1.29, 1.82) is 0 Å². The SMILES string of the molecule is CC(C)(C)N(CCC(=O)Nc1ccccc1Cl)S(C)(=O)=O. The van der Waals surface area contributed by atoms with Gasteiger partial charge in [-0.2, -0.15) is 4.31 Å². The largest absolute Gasteiger partial charge is 0.325 e. The zero-order valence-corrected chi connectivity index (χ0v) is 14.3. The topological polar surface area (TPSA) is 66.5 Å². The van der Waals surface area contributed by atoms with Gasteiger partial charge >= 0.3 is 0 Å². The van der Waals surface area contributed by atoms with Crippen LogP contribution in [0.15, 0.2) is 24.3 Å². The Hall–Kier alpha value is -1.11. The number of para-hydroxylation sites is 1. The third kappa shape index (κ3) is 5.65. The van der Waals surface area contributed by atoms with Gasteiger partial charge in [0.1, 0.15) is 0 Å². The van der Waals surface area contributed by atoms with E-state index in [1.165, 1.54) is 4.31 Å². The van der Waals surface area contributed by atoms with Gasteiger partial charge in [-0.15, -0.1) is 0 Å². The molecule has 1 aromatic carbocycles. The smallest absolute Gasteiger partial charge is 0.225 e. The van der Waals surface area contributed by atoms with Crippen molar-refractivity contribution in [2.75, 3.05) is 18.1 Å². The molecule has 0 saturated carbocycles. The maximum atomic E-state index is 11.9. The molecule has 0 aliphatic carbocycles. The summed E-state index contributed by atoms with van der Waals surface area (Å²) in [6.07, 6.45) is 1.21. The third-order valence-electron chi connectivity index (χ3n) is 2.84. The first-order valence-corrected chi connectivity index (χ1v) is 8.76. The van der Waals surface area contributed by atoms with Crippen LogP contribution in [0.2, 0.25) is 5.02 Å². The second kappa shape index (κ2) is 6.77. The molecule has 0 bridgehead atoms. The van der Waals surface area contributed by atoms with Crippen molar-refractivity contribution in [1.82, 2.24) is 4.31 Å². The van der Waals surface area contributed by atoms with Crippen LogP contribution in [0.5, 0.6) is 0 Å². The average molecular weight is 333 g/mol. The number of hydrogen-bond donors (Lipinski definition) is 1. The lowest BCUT2D eigenvalue weighted by Crippen LogP contribution is -2.46. The number of sulfonamides is 1. The highest BCUT2D eigenvalue weighted by Gasteiger charge is 2.29. The van der Waals surface area contributed by atoms with Crippen LogP contribution < -0.4 is 5.32 Å². The molecule has 21 heavy (non-hydrogen) atoms. The molecule has 118 valence electrons. The fourth-order valence-electron chi connectivity index (χ4n) is 1.98. The van der Waals surface area contributed by atoms with E-state index in [2.05, 4.69) is 5.32 Å². The van der Waals surface area contributed by atoms with Crippen molar-refractivity contribution in [3.8, 4) is 0 Å². The highest BCUT2D eigenvalue weighted by atomic mass is 35.5. The Bertz CT molecular complexity index is 609. The molecule has 5 nitrogen and oxygen atoms in total. The molecular formula is C14H21ClN2O3S. The standard InChI is InChI=1S/C14H21ClN2O3S/c1-14(2,3)17(21(4,19)20)10-9-13(18)16-12-8-6-5-7-11(12)15/h5-8H,9-10H2,1-4H3,(H,16,18). The minimum atomic E-state index is -3.37. The first kappa shape index (κ1) is 17.9. The Kier molecular flexibility index (Phi) is 5.78. The lowest BCUT2D eigenvalue weighted by molar-refractivity contribution is -0.116. The van der Waals surface area contributed by atoms with Crippen molar-refractivity contribution < 1.29 is 13.2 Å². The van der Waals surface area contributed by atoms with Gasteiger partial charge in [-0.05, 0) is 32.9 Å². The molecule has 0 atom stereocenters. The molecule has 0 spiro atoms. The van der Waals surface area contributed by atoms with Gasteiger partial charge in [0.15, 0.2) is 0 Å². The van der Waals surface area contributed by atoms with Crippen LogP contribution in [-0.2, 0) is 14.8 Å². The van der Waals surface area contributed by atoms with Gasteiger partial charge in [-0.1, -0.05) is 23.7 Å². The van der Waals surface area contributed by atoms with Crippen molar-refractivity contribution in [3.63, 3.8) is 0 Å². The van der Waals surface area contributed by atoms with E-state index in [4.69, 9.17) is 11.6 Å². The number of halogens is 1. The minimum absolute atomic E-state index is 0.0650. The maximum Gasteiger partial charge on any atom is 0.225 e. The second-order valence-corrected chi connectivity index (χ2v) is 8.10. The number of nitrogens with zero attached hydrogens (tertiary/aromatic N) is 1. The van der Waals surface area contributed by atoms with Crippen molar-refractivity contribution in [2.45, 2.75) is 32.7 Å². The molecule has 0 aliphatic heterocycles. The summed E-state index contributed by atoms with van der Waals surface area (Å²) in [5.41, 5.74) is -0.0519. The van der Waals surface area contributed by atoms with Crippen LogP contribution in [0, 0.1) is 0 Å². The number of amides is 1. The van der Waals surface area contributed by atoms with E-state index < -0.39 is 15.6 Å². The zero-order chi connectivity index (χ0) is 16.3. The van der Waals surface area contributed by atoms with Gasteiger partial charge in [-0.25, -0.2) is 8.42 Å². The normalized spacial score (nSPS) is 12.5. The molecule has 0 radical (unpaired) electrons. The number of rotatable bonds is 5. The van der Waals surface area contributed by atoms with Gasteiger partial charge in [0.05, 0.1) is 17.0 Å². The van der Waals surface area contributed by atoms with Crippen LogP contribution in [0.4, 0.5) is 5.69 Å². The first-order chi connectivity index (χ1) is 9.51. The molecular weight excluding hydrogens is 312 g/mol.